The number of amides is 1. The molecule has 3 unspecified atom stereocenters. The summed E-state index contributed by atoms with van der Waals surface area (Å²) >= 11 is 0. The predicted molar refractivity (Wildman–Crippen MR) is 68.1 cm³/mol. The van der Waals surface area contributed by atoms with Gasteiger partial charge in [0.1, 0.15) is 5.76 Å². The van der Waals surface area contributed by atoms with E-state index >= 15 is 0 Å². The van der Waals surface area contributed by atoms with Crippen LogP contribution in [0.15, 0.2) is 16.7 Å². The first kappa shape index (κ1) is 11.8. The number of fused-ring (bicyclic) bond motifs is 1. The number of carbonyl (C=O) groups excluding carboxylic acids is 1. The Kier molecular flexibility index (Phi) is 3.12. The van der Waals surface area contributed by atoms with Gasteiger partial charge >= 0.3 is 0 Å². The molecule has 4 heteroatoms. The SMILES string of the molecule is CC1NCCC1C(=O)NC1CCCc2occc21. The minimum atomic E-state index is 0.113. The predicted octanol–water partition coefficient (Wildman–Crippen LogP) is 1.77. The van der Waals surface area contributed by atoms with Crippen molar-refractivity contribution in [3.05, 3.63) is 23.7 Å². The van der Waals surface area contributed by atoms with Crippen LogP contribution in [0.3, 0.4) is 0 Å². The minimum absolute atomic E-state index is 0.113. The Labute approximate surface area is 107 Å². The average Bonchev–Trinajstić information content (AvgIpc) is 2.97. The molecule has 2 aliphatic rings. The number of carbonyl (C=O) groups is 1. The summed E-state index contributed by atoms with van der Waals surface area (Å²) in [5, 5.41) is 6.52. The third-order valence-corrected chi connectivity index (χ3v) is 4.23. The van der Waals surface area contributed by atoms with E-state index in [4.69, 9.17) is 4.42 Å². The zero-order chi connectivity index (χ0) is 12.5. The zero-order valence-electron chi connectivity index (χ0n) is 10.7. The molecule has 4 nitrogen and oxygen atoms in total. The highest BCUT2D eigenvalue weighted by atomic mass is 16.3. The Hall–Kier alpha value is -1.29. The first-order valence-corrected chi connectivity index (χ1v) is 6.85. The summed E-state index contributed by atoms with van der Waals surface area (Å²) in [6, 6.07) is 2.43. The molecule has 0 aromatic carbocycles. The van der Waals surface area contributed by atoms with Crippen molar-refractivity contribution in [2.75, 3.05) is 6.54 Å². The summed E-state index contributed by atoms with van der Waals surface area (Å²) in [7, 11) is 0. The molecule has 2 N–H and O–H groups in total. The number of furan rings is 1. The van der Waals surface area contributed by atoms with Crippen LogP contribution in [0.5, 0.6) is 0 Å². The standard InChI is InChI=1S/C14H20N2O2/c1-9-10(5-7-15-9)14(17)16-12-3-2-4-13-11(12)6-8-18-13/h6,8-10,12,15H,2-5,7H2,1H3,(H,16,17). The van der Waals surface area contributed by atoms with Crippen LogP contribution in [0, 0.1) is 5.92 Å². The van der Waals surface area contributed by atoms with Gasteiger partial charge in [-0.15, -0.1) is 0 Å². The van der Waals surface area contributed by atoms with Crippen LogP contribution in [0.4, 0.5) is 0 Å². The number of rotatable bonds is 2. The second kappa shape index (κ2) is 4.76. The number of aryl methyl sites for hydroxylation is 1. The van der Waals surface area contributed by atoms with E-state index in [-0.39, 0.29) is 23.9 Å². The van der Waals surface area contributed by atoms with Gasteiger partial charge in [-0.25, -0.2) is 0 Å². The quantitative estimate of drug-likeness (QED) is 0.838. The maximum atomic E-state index is 12.3. The largest absolute Gasteiger partial charge is 0.469 e. The highest BCUT2D eigenvalue weighted by Crippen LogP contribution is 2.31. The zero-order valence-corrected chi connectivity index (χ0v) is 10.7. The van der Waals surface area contributed by atoms with E-state index in [0.717, 1.165) is 38.0 Å². The first-order valence-electron chi connectivity index (χ1n) is 6.85. The second-order valence-corrected chi connectivity index (χ2v) is 5.39. The number of hydrogen-bond donors (Lipinski definition) is 2. The van der Waals surface area contributed by atoms with Crippen molar-refractivity contribution in [3.8, 4) is 0 Å². The van der Waals surface area contributed by atoms with Crippen molar-refractivity contribution < 1.29 is 9.21 Å². The molecular formula is C14H20N2O2. The molecule has 0 bridgehead atoms. The molecule has 1 saturated heterocycles. The molecule has 0 spiro atoms. The lowest BCUT2D eigenvalue weighted by Gasteiger charge is -2.25. The van der Waals surface area contributed by atoms with E-state index in [1.54, 1.807) is 6.26 Å². The highest BCUT2D eigenvalue weighted by Gasteiger charge is 2.32. The Morgan fingerprint density at radius 1 is 1.50 bits per heavy atom. The fourth-order valence-corrected chi connectivity index (χ4v) is 3.13. The lowest BCUT2D eigenvalue weighted by molar-refractivity contribution is -0.126. The summed E-state index contributed by atoms with van der Waals surface area (Å²) in [5.41, 5.74) is 1.17. The minimum Gasteiger partial charge on any atom is -0.469 e. The maximum Gasteiger partial charge on any atom is 0.225 e. The summed E-state index contributed by atoms with van der Waals surface area (Å²) in [5.74, 6) is 1.35. The van der Waals surface area contributed by atoms with Gasteiger partial charge in [-0.3, -0.25) is 4.79 Å². The van der Waals surface area contributed by atoms with Gasteiger partial charge in [-0.1, -0.05) is 0 Å². The van der Waals surface area contributed by atoms with Crippen molar-refractivity contribution in [2.24, 2.45) is 5.92 Å². The number of hydrogen-bond acceptors (Lipinski definition) is 3. The molecule has 0 saturated carbocycles. The molecule has 1 amide bonds. The van der Waals surface area contributed by atoms with Crippen molar-refractivity contribution >= 4 is 5.91 Å². The van der Waals surface area contributed by atoms with Crippen molar-refractivity contribution in [2.45, 2.75) is 44.7 Å². The molecule has 98 valence electrons. The van der Waals surface area contributed by atoms with Gasteiger partial charge in [0.15, 0.2) is 0 Å². The van der Waals surface area contributed by atoms with Gasteiger partial charge in [-0.05, 0) is 38.8 Å². The van der Waals surface area contributed by atoms with E-state index in [2.05, 4.69) is 17.6 Å². The molecule has 3 atom stereocenters. The van der Waals surface area contributed by atoms with Crippen LogP contribution >= 0.6 is 0 Å². The fraction of sp³-hybridized carbons (Fsp3) is 0.643. The Balaban J connectivity index is 1.69. The van der Waals surface area contributed by atoms with Crippen molar-refractivity contribution in [1.82, 2.24) is 10.6 Å². The van der Waals surface area contributed by atoms with E-state index < -0.39 is 0 Å². The maximum absolute atomic E-state index is 12.3. The molecule has 3 rings (SSSR count). The lowest BCUT2D eigenvalue weighted by atomic mass is 9.92. The smallest absolute Gasteiger partial charge is 0.225 e. The monoisotopic (exact) mass is 248 g/mol. The van der Waals surface area contributed by atoms with Gasteiger partial charge < -0.3 is 15.1 Å². The van der Waals surface area contributed by atoms with Crippen LogP contribution in [0.2, 0.25) is 0 Å². The van der Waals surface area contributed by atoms with Crippen molar-refractivity contribution in [3.63, 3.8) is 0 Å². The molecule has 18 heavy (non-hydrogen) atoms. The van der Waals surface area contributed by atoms with E-state index in [1.807, 2.05) is 6.07 Å². The second-order valence-electron chi connectivity index (χ2n) is 5.39. The van der Waals surface area contributed by atoms with Gasteiger partial charge in [0, 0.05) is 18.0 Å². The average molecular weight is 248 g/mol. The van der Waals surface area contributed by atoms with Crippen LogP contribution in [-0.2, 0) is 11.2 Å². The van der Waals surface area contributed by atoms with Gasteiger partial charge in [0.25, 0.3) is 0 Å². The van der Waals surface area contributed by atoms with Gasteiger partial charge in [0.2, 0.25) is 5.91 Å². The highest BCUT2D eigenvalue weighted by molar-refractivity contribution is 5.80. The number of nitrogens with one attached hydrogen (secondary N) is 2. The normalized spacial score (nSPS) is 31.1. The Morgan fingerprint density at radius 3 is 3.17 bits per heavy atom. The van der Waals surface area contributed by atoms with Crippen molar-refractivity contribution in [1.29, 1.82) is 0 Å². The van der Waals surface area contributed by atoms with Gasteiger partial charge in [0.05, 0.1) is 18.2 Å². The van der Waals surface area contributed by atoms with Crippen LogP contribution in [0.25, 0.3) is 0 Å². The lowest BCUT2D eigenvalue weighted by Crippen LogP contribution is -2.39. The molecule has 1 aromatic heterocycles. The molecule has 1 aliphatic heterocycles. The molecule has 1 aromatic rings. The summed E-state index contributed by atoms with van der Waals surface area (Å²) in [6.45, 7) is 3.03. The summed E-state index contributed by atoms with van der Waals surface area (Å²) < 4.78 is 5.45. The molecule has 2 heterocycles. The first-order chi connectivity index (χ1) is 8.75. The van der Waals surface area contributed by atoms with E-state index in [9.17, 15) is 4.79 Å². The van der Waals surface area contributed by atoms with Crippen LogP contribution in [0.1, 0.15) is 43.6 Å². The molecule has 0 radical (unpaired) electrons. The fourth-order valence-electron chi connectivity index (χ4n) is 3.13. The summed E-state index contributed by atoms with van der Waals surface area (Å²) in [4.78, 5) is 12.3. The van der Waals surface area contributed by atoms with Crippen LogP contribution < -0.4 is 10.6 Å². The van der Waals surface area contributed by atoms with E-state index in [1.165, 1.54) is 5.56 Å². The molecule has 1 aliphatic carbocycles. The molecule has 1 fully saturated rings. The third-order valence-electron chi connectivity index (χ3n) is 4.23. The Morgan fingerprint density at radius 2 is 2.39 bits per heavy atom. The topological polar surface area (TPSA) is 54.3 Å². The Bertz CT molecular complexity index is 441. The molecular weight excluding hydrogens is 228 g/mol. The summed E-state index contributed by atoms with van der Waals surface area (Å²) in [6.07, 6.45) is 5.78. The van der Waals surface area contributed by atoms with Gasteiger partial charge in [-0.2, -0.15) is 0 Å². The van der Waals surface area contributed by atoms with E-state index in [0.29, 0.717) is 0 Å². The van der Waals surface area contributed by atoms with Crippen LogP contribution in [-0.4, -0.2) is 18.5 Å². The third kappa shape index (κ3) is 2.05.